The summed E-state index contributed by atoms with van der Waals surface area (Å²) >= 11 is 4.72. The van der Waals surface area contributed by atoms with Crippen molar-refractivity contribution in [3.63, 3.8) is 0 Å². The number of aliphatic imine (C=N–C) groups is 1. The molecule has 1 aromatic rings. The molecule has 4 nitrogen and oxygen atoms in total. The van der Waals surface area contributed by atoms with E-state index in [2.05, 4.69) is 31.4 Å². The molecule has 88 valence electrons. The Kier molecular flexibility index (Phi) is 3.96. The monoisotopic (exact) mass is 311 g/mol. The van der Waals surface area contributed by atoms with Crippen molar-refractivity contribution in [2.45, 2.75) is 12.2 Å². The van der Waals surface area contributed by atoms with E-state index in [-0.39, 0.29) is 11.2 Å². The van der Waals surface area contributed by atoms with Gasteiger partial charge in [0.15, 0.2) is 0 Å². The number of amides is 1. The predicted octanol–water partition coefficient (Wildman–Crippen LogP) is 2.39. The standard InChI is InChI=1S/C11H10BrN3OS/c1-7-10(16)14-15-11(17-7)13-6-8-2-4-9(12)5-3-8/h2-7H,1H3,(H,14,16)/b13-6+. The van der Waals surface area contributed by atoms with Gasteiger partial charge in [0, 0.05) is 10.7 Å². The van der Waals surface area contributed by atoms with E-state index in [4.69, 9.17) is 0 Å². The molecule has 1 amide bonds. The van der Waals surface area contributed by atoms with E-state index in [0.717, 1.165) is 10.0 Å². The van der Waals surface area contributed by atoms with Crippen LogP contribution < -0.4 is 5.43 Å². The van der Waals surface area contributed by atoms with Gasteiger partial charge in [-0.15, -0.1) is 5.10 Å². The molecule has 1 heterocycles. The fraction of sp³-hybridized carbons (Fsp3) is 0.182. The van der Waals surface area contributed by atoms with Crippen LogP contribution in [0, 0.1) is 0 Å². The number of thioether (sulfide) groups is 1. The third-order valence-electron chi connectivity index (χ3n) is 2.11. The Bertz CT molecular complexity index is 484. The van der Waals surface area contributed by atoms with E-state index in [0.29, 0.717) is 5.17 Å². The first-order chi connectivity index (χ1) is 8.15. The average molecular weight is 312 g/mol. The molecular formula is C11H10BrN3OS. The molecular weight excluding hydrogens is 302 g/mol. The molecule has 0 saturated carbocycles. The van der Waals surface area contributed by atoms with Gasteiger partial charge < -0.3 is 0 Å². The molecule has 2 rings (SSSR count). The SMILES string of the molecule is CC1SC(/N=C/c2ccc(Br)cc2)=NNC1=O. The third kappa shape index (κ3) is 3.41. The highest BCUT2D eigenvalue weighted by molar-refractivity contribution is 9.10. The predicted molar refractivity (Wildman–Crippen MR) is 74.4 cm³/mol. The maximum atomic E-state index is 11.2. The van der Waals surface area contributed by atoms with Gasteiger partial charge in [-0.2, -0.15) is 0 Å². The topological polar surface area (TPSA) is 53.8 Å². The Balaban J connectivity index is 2.06. The molecule has 0 bridgehead atoms. The van der Waals surface area contributed by atoms with Crippen LogP contribution in [0.1, 0.15) is 12.5 Å². The van der Waals surface area contributed by atoms with E-state index in [1.807, 2.05) is 31.2 Å². The maximum absolute atomic E-state index is 11.2. The van der Waals surface area contributed by atoms with E-state index in [1.54, 1.807) is 6.21 Å². The van der Waals surface area contributed by atoms with Crippen LogP contribution in [0.3, 0.4) is 0 Å². The van der Waals surface area contributed by atoms with Gasteiger partial charge >= 0.3 is 0 Å². The lowest BCUT2D eigenvalue weighted by Gasteiger charge is -2.13. The van der Waals surface area contributed by atoms with Crippen molar-refractivity contribution in [3.05, 3.63) is 34.3 Å². The number of hydrogen-bond donors (Lipinski definition) is 1. The van der Waals surface area contributed by atoms with Crippen LogP contribution in [-0.4, -0.2) is 22.5 Å². The lowest BCUT2D eigenvalue weighted by atomic mass is 10.2. The number of halogens is 1. The van der Waals surface area contributed by atoms with Gasteiger partial charge in [-0.1, -0.05) is 39.8 Å². The van der Waals surface area contributed by atoms with Gasteiger partial charge in [-0.3, -0.25) is 4.79 Å². The van der Waals surface area contributed by atoms with Crippen LogP contribution >= 0.6 is 27.7 Å². The summed E-state index contributed by atoms with van der Waals surface area (Å²) in [5, 5.41) is 4.29. The molecule has 0 fully saturated rings. The van der Waals surface area contributed by atoms with Crippen molar-refractivity contribution in [2.24, 2.45) is 10.1 Å². The highest BCUT2D eigenvalue weighted by atomic mass is 79.9. The molecule has 1 aliphatic rings. The summed E-state index contributed by atoms with van der Waals surface area (Å²) in [4.78, 5) is 15.4. The van der Waals surface area contributed by atoms with Crippen molar-refractivity contribution in [1.82, 2.24) is 5.43 Å². The number of nitrogens with one attached hydrogen (secondary N) is 1. The third-order valence-corrected chi connectivity index (χ3v) is 3.61. The lowest BCUT2D eigenvalue weighted by Crippen LogP contribution is -2.32. The molecule has 1 unspecified atom stereocenters. The summed E-state index contributed by atoms with van der Waals surface area (Å²) in [6.07, 6.45) is 1.72. The molecule has 0 spiro atoms. The van der Waals surface area contributed by atoms with Crippen LogP contribution in [-0.2, 0) is 4.79 Å². The summed E-state index contributed by atoms with van der Waals surface area (Å²) in [6, 6.07) is 7.79. The van der Waals surface area contributed by atoms with Crippen molar-refractivity contribution < 1.29 is 4.79 Å². The van der Waals surface area contributed by atoms with E-state index < -0.39 is 0 Å². The second-order valence-corrected chi connectivity index (χ2v) is 5.66. The summed E-state index contributed by atoms with van der Waals surface area (Å²) in [5.41, 5.74) is 3.42. The molecule has 0 saturated heterocycles. The molecule has 0 aliphatic carbocycles. The minimum Gasteiger partial charge on any atom is -0.272 e. The summed E-state index contributed by atoms with van der Waals surface area (Å²) in [7, 11) is 0. The zero-order chi connectivity index (χ0) is 12.3. The molecule has 17 heavy (non-hydrogen) atoms. The first-order valence-corrected chi connectivity index (χ1v) is 6.66. The number of carbonyl (C=O) groups is 1. The van der Waals surface area contributed by atoms with Crippen LogP contribution in [0.2, 0.25) is 0 Å². The number of nitrogens with zero attached hydrogens (tertiary/aromatic N) is 2. The molecule has 6 heteroatoms. The second kappa shape index (κ2) is 5.46. The first kappa shape index (κ1) is 12.3. The van der Waals surface area contributed by atoms with Crippen LogP contribution in [0.15, 0.2) is 38.8 Å². The highest BCUT2D eigenvalue weighted by Gasteiger charge is 2.20. The number of carbonyl (C=O) groups excluding carboxylic acids is 1. The lowest BCUT2D eigenvalue weighted by molar-refractivity contribution is -0.120. The zero-order valence-electron chi connectivity index (χ0n) is 9.05. The molecule has 0 aromatic heterocycles. The van der Waals surface area contributed by atoms with Crippen LogP contribution in [0.4, 0.5) is 0 Å². The number of amidine groups is 1. The van der Waals surface area contributed by atoms with E-state index >= 15 is 0 Å². The average Bonchev–Trinajstić information content (AvgIpc) is 2.33. The number of hydrazone groups is 1. The van der Waals surface area contributed by atoms with Gasteiger partial charge in [0.1, 0.15) is 0 Å². The minimum absolute atomic E-state index is 0.0856. The minimum atomic E-state index is -0.149. The zero-order valence-corrected chi connectivity index (χ0v) is 11.5. The Hall–Kier alpha value is -1.14. The van der Waals surface area contributed by atoms with Crippen LogP contribution in [0.25, 0.3) is 0 Å². The van der Waals surface area contributed by atoms with Gasteiger partial charge in [-0.05, 0) is 24.6 Å². The van der Waals surface area contributed by atoms with E-state index in [9.17, 15) is 4.79 Å². The number of benzene rings is 1. The quantitative estimate of drug-likeness (QED) is 0.810. The van der Waals surface area contributed by atoms with Crippen molar-refractivity contribution in [3.8, 4) is 0 Å². The molecule has 1 N–H and O–H groups in total. The van der Waals surface area contributed by atoms with Crippen molar-refractivity contribution >= 4 is 45.0 Å². The second-order valence-electron chi connectivity index (χ2n) is 3.44. The smallest absolute Gasteiger partial charge is 0.253 e. The molecule has 0 radical (unpaired) electrons. The fourth-order valence-electron chi connectivity index (χ4n) is 1.17. The van der Waals surface area contributed by atoms with Gasteiger partial charge in [-0.25, -0.2) is 10.4 Å². The molecule has 1 aromatic carbocycles. The summed E-state index contributed by atoms with van der Waals surface area (Å²) < 4.78 is 1.03. The Morgan fingerprint density at radius 1 is 1.47 bits per heavy atom. The van der Waals surface area contributed by atoms with Gasteiger partial charge in [0.2, 0.25) is 5.17 Å². The van der Waals surface area contributed by atoms with Crippen LogP contribution in [0.5, 0.6) is 0 Å². The Morgan fingerprint density at radius 3 is 2.82 bits per heavy atom. The Morgan fingerprint density at radius 2 is 2.18 bits per heavy atom. The first-order valence-electron chi connectivity index (χ1n) is 4.99. The normalized spacial score (nSPS) is 20.2. The molecule has 1 atom stereocenters. The fourth-order valence-corrected chi connectivity index (χ4v) is 2.12. The summed E-state index contributed by atoms with van der Waals surface area (Å²) in [5.74, 6) is -0.0856. The maximum Gasteiger partial charge on any atom is 0.253 e. The highest BCUT2D eigenvalue weighted by Crippen LogP contribution is 2.17. The van der Waals surface area contributed by atoms with Crippen molar-refractivity contribution in [2.75, 3.05) is 0 Å². The number of rotatable bonds is 1. The molecule has 1 aliphatic heterocycles. The van der Waals surface area contributed by atoms with Gasteiger partial charge in [0.05, 0.1) is 5.25 Å². The van der Waals surface area contributed by atoms with Crippen molar-refractivity contribution in [1.29, 1.82) is 0 Å². The summed E-state index contributed by atoms with van der Waals surface area (Å²) in [6.45, 7) is 1.82. The Labute approximate surface area is 112 Å². The number of hydrogen-bond acceptors (Lipinski definition) is 4. The largest absolute Gasteiger partial charge is 0.272 e. The van der Waals surface area contributed by atoms with E-state index in [1.165, 1.54) is 11.8 Å². The van der Waals surface area contributed by atoms with Gasteiger partial charge in [0.25, 0.3) is 5.91 Å².